The summed E-state index contributed by atoms with van der Waals surface area (Å²) < 4.78 is 0. The fraction of sp³-hybridized carbons (Fsp3) is 0.929. The maximum atomic E-state index is 12.0. The third-order valence-electron chi connectivity index (χ3n) is 3.45. The molecule has 4 heteroatoms. The van der Waals surface area contributed by atoms with Crippen LogP contribution in [-0.2, 0) is 4.79 Å². The molecule has 0 aliphatic heterocycles. The zero-order valence-corrected chi connectivity index (χ0v) is 12.8. The third kappa shape index (κ3) is 6.10. The molecule has 1 amide bonds. The maximum absolute atomic E-state index is 12.0. The summed E-state index contributed by atoms with van der Waals surface area (Å²) >= 11 is 1.91. The molecule has 0 radical (unpaired) electrons. The Balaban J connectivity index is 2.22. The lowest BCUT2D eigenvalue weighted by molar-refractivity contribution is -0.123. The molecule has 2 atom stereocenters. The Bertz CT molecular complexity index is 242. The summed E-state index contributed by atoms with van der Waals surface area (Å²) in [7, 11) is 0. The summed E-state index contributed by atoms with van der Waals surface area (Å²) in [5.74, 6) is 2.36. The first kappa shape index (κ1) is 15.8. The number of hydrogen-bond acceptors (Lipinski definition) is 3. The summed E-state index contributed by atoms with van der Waals surface area (Å²) in [5.41, 5.74) is 0. The minimum absolute atomic E-state index is 0.0839. The summed E-state index contributed by atoms with van der Waals surface area (Å²) in [6.45, 7) is 6.27. The maximum Gasteiger partial charge on any atom is 0.237 e. The number of amides is 1. The van der Waals surface area contributed by atoms with E-state index in [1.54, 1.807) is 0 Å². The number of thioether (sulfide) groups is 1. The lowest BCUT2D eigenvalue weighted by atomic mass is 9.95. The summed E-state index contributed by atoms with van der Waals surface area (Å²) in [6.07, 6.45) is 6.15. The molecule has 0 heterocycles. The molecule has 0 aromatic rings. The molecule has 0 bridgehead atoms. The predicted octanol–water partition coefficient (Wildman–Crippen LogP) is 2.55. The lowest BCUT2D eigenvalue weighted by Crippen LogP contribution is -2.49. The van der Waals surface area contributed by atoms with Crippen LogP contribution in [0.4, 0.5) is 0 Å². The van der Waals surface area contributed by atoms with Crippen molar-refractivity contribution in [3.05, 3.63) is 0 Å². The van der Waals surface area contributed by atoms with E-state index in [4.69, 9.17) is 0 Å². The van der Waals surface area contributed by atoms with Gasteiger partial charge in [-0.15, -0.1) is 0 Å². The highest BCUT2D eigenvalue weighted by atomic mass is 32.2. The van der Waals surface area contributed by atoms with Crippen molar-refractivity contribution in [2.75, 3.05) is 11.5 Å². The number of rotatable bonds is 7. The van der Waals surface area contributed by atoms with Crippen LogP contribution >= 0.6 is 11.8 Å². The third-order valence-corrected chi connectivity index (χ3v) is 4.60. The molecule has 18 heavy (non-hydrogen) atoms. The van der Waals surface area contributed by atoms with E-state index in [0.29, 0.717) is 12.1 Å². The molecule has 0 saturated heterocycles. The quantitative estimate of drug-likeness (QED) is 0.748. The van der Waals surface area contributed by atoms with E-state index >= 15 is 0 Å². The smallest absolute Gasteiger partial charge is 0.237 e. The normalized spacial score (nSPS) is 20.4. The average molecular weight is 272 g/mol. The van der Waals surface area contributed by atoms with Crippen LogP contribution in [-0.4, -0.2) is 35.5 Å². The molecular formula is C14H28N2OS. The molecule has 2 N–H and O–H groups in total. The topological polar surface area (TPSA) is 41.1 Å². The second-order valence-electron chi connectivity index (χ2n) is 5.29. The summed E-state index contributed by atoms with van der Waals surface area (Å²) in [6, 6.07) is 0.720. The highest BCUT2D eigenvalue weighted by molar-refractivity contribution is 7.99. The van der Waals surface area contributed by atoms with E-state index < -0.39 is 0 Å². The zero-order chi connectivity index (χ0) is 13.4. The van der Waals surface area contributed by atoms with Crippen LogP contribution in [0.3, 0.4) is 0 Å². The Hall–Kier alpha value is -0.220. The van der Waals surface area contributed by atoms with Crippen molar-refractivity contribution in [2.45, 2.75) is 71.0 Å². The Labute approximate surface area is 116 Å². The minimum Gasteiger partial charge on any atom is -0.352 e. The molecule has 0 aromatic heterocycles. The fourth-order valence-corrected chi connectivity index (χ4v) is 3.10. The first-order chi connectivity index (χ1) is 8.63. The van der Waals surface area contributed by atoms with Gasteiger partial charge < -0.3 is 10.6 Å². The molecule has 2 unspecified atom stereocenters. The molecule has 1 fully saturated rings. The molecule has 0 aromatic carbocycles. The first-order valence-electron chi connectivity index (χ1n) is 7.27. The summed E-state index contributed by atoms with van der Waals surface area (Å²) in [5, 5.41) is 6.54. The Morgan fingerprint density at radius 3 is 2.56 bits per heavy atom. The van der Waals surface area contributed by atoms with Gasteiger partial charge in [-0.1, -0.05) is 26.2 Å². The van der Waals surface area contributed by atoms with Crippen molar-refractivity contribution in [1.82, 2.24) is 10.6 Å². The van der Waals surface area contributed by atoms with Crippen LogP contribution in [0.2, 0.25) is 0 Å². The predicted molar refractivity (Wildman–Crippen MR) is 80.1 cm³/mol. The number of nitrogens with one attached hydrogen (secondary N) is 2. The molecule has 0 spiro atoms. The van der Waals surface area contributed by atoms with Gasteiger partial charge in [0.2, 0.25) is 5.91 Å². The van der Waals surface area contributed by atoms with Gasteiger partial charge in [0.25, 0.3) is 0 Å². The number of carbonyl (C=O) groups excluding carboxylic acids is 1. The highest BCUT2D eigenvalue weighted by Crippen LogP contribution is 2.17. The Kier molecular flexibility index (Phi) is 7.75. The Morgan fingerprint density at radius 1 is 1.28 bits per heavy atom. The average Bonchev–Trinajstić information content (AvgIpc) is 2.37. The van der Waals surface area contributed by atoms with Crippen LogP contribution in [0.25, 0.3) is 0 Å². The van der Waals surface area contributed by atoms with E-state index in [0.717, 1.165) is 24.3 Å². The van der Waals surface area contributed by atoms with Gasteiger partial charge in [0.15, 0.2) is 0 Å². The van der Waals surface area contributed by atoms with Gasteiger partial charge in [0, 0.05) is 17.8 Å². The summed E-state index contributed by atoms with van der Waals surface area (Å²) in [4.78, 5) is 12.0. The second kappa shape index (κ2) is 8.81. The number of carbonyl (C=O) groups is 1. The van der Waals surface area contributed by atoms with Crippen LogP contribution in [0.1, 0.15) is 52.9 Å². The SMILES string of the molecule is CCSCC(C)NC(C)C(=O)NC1CCCCC1. The van der Waals surface area contributed by atoms with Crippen LogP contribution in [0.15, 0.2) is 0 Å². The standard InChI is InChI=1S/C14H28N2OS/c1-4-18-10-11(2)15-12(3)14(17)16-13-8-6-5-7-9-13/h11-13,15H,4-10H2,1-3H3,(H,16,17). The van der Waals surface area contributed by atoms with Gasteiger partial charge in [0.05, 0.1) is 6.04 Å². The van der Waals surface area contributed by atoms with E-state index in [1.165, 1.54) is 19.3 Å². The first-order valence-corrected chi connectivity index (χ1v) is 8.43. The van der Waals surface area contributed by atoms with E-state index in [1.807, 2.05) is 18.7 Å². The molecule has 106 valence electrons. The largest absolute Gasteiger partial charge is 0.352 e. The number of hydrogen-bond donors (Lipinski definition) is 2. The Morgan fingerprint density at radius 2 is 1.94 bits per heavy atom. The molecule has 1 aliphatic carbocycles. The van der Waals surface area contributed by atoms with Crippen molar-refractivity contribution in [3.8, 4) is 0 Å². The van der Waals surface area contributed by atoms with Crippen molar-refractivity contribution in [1.29, 1.82) is 0 Å². The van der Waals surface area contributed by atoms with Crippen LogP contribution in [0, 0.1) is 0 Å². The van der Waals surface area contributed by atoms with Gasteiger partial charge in [-0.2, -0.15) is 11.8 Å². The van der Waals surface area contributed by atoms with Crippen molar-refractivity contribution >= 4 is 17.7 Å². The van der Waals surface area contributed by atoms with Crippen molar-refractivity contribution < 1.29 is 4.79 Å². The van der Waals surface area contributed by atoms with Gasteiger partial charge in [-0.05, 0) is 32.4 Å². The van der Waals surface area contributed by atoms with Crippen molar-refractivity contribution in [2.24, 2.45) is 0 Å². The van der Waals surface area contributed by atoms with Gasteiger partial charge in [-0.25, -0.2) is 0 Å². The molecule has 3 nitrogen and oxygen atoms in total. The lowest BCUT2D eigenvalue weighted by Gasteiger charge is -2.26. The second-order valence-corrected chi connectivity index (χ2v) is 6.61. The van der Waals surface area contributed by atoms with E-state index in [2.05, 4.69) is 24.5 Å². The van der Waals surface area contributed by atoms with E-state index in [-0.39, 0.29) is 11.9 Å². The fourth-order valence-electron chi connectivity index (χ4n) is 2.42. The highest BCUT2D eigenvalue weighted by Gasteiger charge is 2.20. The van der Waals surface area contributed by atoms with Crippen molar-refractivity contribution in [3.63, 3.8) is 0 Å². The molecule has 1 rings (SSSR count). The van der Waals surface area contributed by atoms with Gasteiger partial charge in [0.1, 0.15) is 0 Å². The molecule has 1 saturated carbocycles. The molecular weight excluding hydrogens is 244 g/mol. The minimum atomic E-state index is -0.0839. The van der Waals surface area contributed by atoms with E-state index in [9.17, 15) is 4.79 Å². The zero-order valence-electron chi connectivity index (χ0n) is 12.0. The van der Waals surface area contributed by atoms with Crippen LogP contribution < -0.4 is 10.6 Å². The van der Waals surface area contributed by atoms with Crippen LogP contribution in [0.5, 0.6) is 0 Å². The van der Waals surface area contributed by atoms with Gasteiger partial charge in [-0.3, -0.25) is 4.79 Å². The van der Waals surface area contributed by atoms with Gasteiger partial charge >= 0.3 is 0 Å². The molecule has 1 aliphatic rings. The monoisotopic (exact) mass is 272 g/mol.